The number of thioether (sulfide) groups is 1. The summed E-state index contributed by atoms with van der Waals surface area (Å²) < 4.78 is 0. The molecule has 2 N–H and O–H groups in total. The molecule has 1 atom stereocenters. The minimum atomic E-state index is -0.800. The molecule has 2 amide bonds. The number of carbonyl (C=O) groups is 2. The molecule has 0 radical (unpaired) electrons. The van der Waals surface area contributed by atoms with Gasteiger partial charge >= 0.3 is 0 Å². The Morgan fingerprint density at radius 3 is 2.18 bits per heavy atom. The van der Waals surface area contributed by atoms with Crippen LogP contribution < -0.4 is 10.6 Å². The van der Waals surface area contributed by atoms with Crippen LogP contribution in [0.1, 0.15) is 27.5 Å². The van der Waals surface area contributed by atoms with E-state index in [-0.39, 0.29) is 11.8 Å². The van der Waals surface area contributed by atoms with E-state index in [1.54, 1.807) is 11.8 Å². The molecule has 0 spiro atoms. The van der Waals surface area contributed by atoms with Crippen LogP contribution in [0.25, 0.3) is 0 Å². The van der Waals surface area contributed by atoms with E-state index >= 15 is 0 Å². The van der Waals surface area contributed by atoms with Gasteiger partial charge in [-0.25, -0.2) is 0 Å². The maximum atomic E-state index is 13.0. The van der Waals surface area contributed by atoms with Crippen molar-refractivity contribution in [3.63, 3.8) is 0 Å². The van der Waals surface area contributed by atoms with E-state index < -0.39 is 6.04 Å². The van der Waals surface area contributed by atoms with E-state index in [2.05, 4.69) is 10.6 Å². The van der Waals surface area contributed by atoms with Gasteiger partial charge in [-0.15, -0.1) is 11.8 Å². The number of anilines is 1. The molecule has 0 heterocycles. The molecule has 1 unspecified atom stereocenters. The van der Waals surface area contributed by atoms with Gasteiger partial charge in [-0.2, -0.15) is 0 Å². The average Bonchev–Trinajstić information content (AvgIpc) is 2.73. The third-order valence-corrected chi connectivity index (χ3v) is 5.13. The summed E-state index contributed by atoms with van der Waals surface area (Å²) in [5, 5.41) is 5.78. The maximum absolute atomic E-state index is 13.0. The lowest BCUT2D eigenvalue weighted by Crippen LogP contribution is -2.37. The molecule has 0 aliphatic heterocycles. The van der Waals surface area contributed by atoms with Gasteiger partial charge in [0.1, 0.15) is 6.04 Å². The summed E-state index contributed by atoms with van der Waals surface area (Å²) in [6.07, 6.45) is 1.96. The van der Waals surface area contributed by atoms with Gasteiger partial charge in [0.2, 0.25) is 0 Å². The zero-order valence-electron chi connectivity index (χ0n) is 15.8. The van der Waals surface area contributed by atoms with Gasteiger partial charge in [0.15, 0.2) is 0 Å². The summed E-state index contributed by atoms with van der Waals surface area (Å²) in [4.78, 5) is 26.9. The molecular formula is C23H22N2O2S. The summed E-state index contributed by atoms with van der Waals surface area (Å²) in [6.45, 7) is 1.89. The molecule has 0 aliphatic rings. The highest BCUT2D eigenvalue weighted by Gasteiger charge is 2.24. The molecule has 28 heavy (non-hydrogen) atoms. The van der Waals surface area contributed by atoms with Crippen LogP contribution in [0, 0.1) is 6.92 Å². The quantitative estimate of drug-likeness (QED) is 0.593. The Bertz CT molecular complexity index is 959. The van der Waals surface area contributed by atoms with Gasteiger partial charge in [-0.1, -0.05) is 54.6 Å². The molecular weight excluding hydrogens is 368 g/mol. The number of rotatable bonds is 6. The van der Waals surface area contributed by atoms with Gasteiger partial charge in [-0.3, -0.25) is 9.59 Å². The fourth-order valence-corrected chi connectivity index (χ4v) is 3.30. The van der Waals surface area contributed by atoms with E-state index in [0.29, 0.717) is 11.3 Å². The van der Waals surface area contributed by atoms with Crippen LogP contribution in [0.15, 0.2) is 83.8 Å². The number of carbonyl (C=O) groups excluding carboxylic acids is 2. The van der Waals surface area contributed by atoms with Crippen LogP contribution in [0.4, 0.5) is 5.69 Å². The first-order valence-electron chi connectivity index (χ1n) is 8.95. The van der Waals surface area contributed by atoms with Crippen molar-refractivity contribution < 1.29 is 9.59 Å². The lowest BCUT2D eigenvalue weighted by molar-refractivity contribution is -0.118. The minimum absolute atomic E-state index is 0.273. The zero-order valence-corrected chi connectivity index (χ0v) is 16.6. The number of nitrogens with one attached hydrogen (secondary N) is 2. The molecule has 5 heteroatoms. The summed E-state index contributed by atoms with van der Waals surface area (Å²) in [5.41, 5.74) is 2.84. The number of hydrogen-bond acceptors (Lipinski definition) is 3. The predicted molar refractivity (Wildman–Crippen MR) is 115 cm³/mol. The minimum Gasteiger partial charge on any atom is -0.336 e. The Labute approximate surface area is 169 Å². The Morgan fingerprint density at radius 1 is 0.893 bits per heavy atom. The number of benzene rings is 3. The highest BCUT2D eigenvalue weighted by molar-refractivity contribution is 7.98. The molecule has 0 fully saturated rings. The lowest BCUT2D eigenvalue weighted by Gasteiger charge is -2.20. The van der Waals surface area contributed by atoms with Crippen molar-refractivity contribution >= 4 is 29.3 Å². The monoisotopic (exact) mass is 390 g/mol. The first-order chi connectivity index (χ1) is 13.6. The molecule has 0 saturated heterocycles. The van der Waals surface area contributed by atoms with E-state index in [1.807, 2.05) is 92.0 Å². The molecule has 0 aromatic heterocycles. The first kappa shape index (κ1) is 19.7. The van der Waals surface area contributed by atoms with Gasteiger partial charge in [0, 0.05) is 16.1 Å². The Kier molecular flexibility index (Phi) is 6.50. The van der Waals surface area contributed by atoms with Crippen molar-refractivity contribution in [1.29, 1.82) is 0 Å². The summed E-state index contributed by atoms with van der Waals surface area (Å²) in [5.74, 6) is -0.560. The second-order valence-electron chi connectivity index (χ2n) is 6.35. The summed E-state index contributed by atoms with van der Waals surface area (Å²) >= 11 is 1.57. The third kappa shape index (κ3) is 4.81. The Balaban J connectivity index is 1.87. The molecule has 0 aliphatic carbocycles. The van der Waals surface area contributed by atoms with E-state index in [9.17, 15) is 9.59 Å². The van der Waals surface area contributed by atoms with Crippen molar-refractivity contribution in [3.05, 3.63) is 95.6 Å². The standard InChI is InChI=1S/C23H22N2O2S/c1-16-13-14-19(28-2)15-20(16)22(26)25-21(17-9-5-3-6-10-17)23(27)24-18-11-7-4-8-12-18/h3-15,21H,1-2H3,(H,24,27)(H,25,26). The first-order valence-corrected chi connectivity index (χ1v) is 10.2. The van der Waals surface area contributed by atoms with Gasteiger partial charge in [-0.05, 0) is 48.6 Å². The summed E-state index contributed by atoms with van der Waals surface area (Å²) in [6, 6.07) is 23.4. The van der Waals surface area contributed by atoms with Gasteiger partial charge in [0.25, 0.3) is 11.8 Å². The van der Waals surface area contributed by atoms with Crippen LogP contribution in [0.3, 0.4) is 0 Å². The number of aryl methyl sites for hydroxylation is 1. The van der Waals surface area contributed by atoms with Crippen molar-refractivity contribution in [2.24, 2.45) is 0 Å². The SMILES string of the molecule is CSc1ccc(C)c(C(=O)NC(C(=O)Nc2ccccc2)c2ccccc2)c1. The van der Waals surface area contributed by atoms with Crippen LogP contribution in [-0.2, 0) is 4.79 Å². The van der Waals surface area contributed by atoms with Crippen molar-refractivity contribution in [2.75, 3.05) is 11.6 Å². The molecule has 3 rings (SSSR count). The van der Waals surface area contributed by atoms with E-state index in [0.717, 1.165) is 16.0 Å². The van der Waals surface area contributed by atoms with Crippen molar-refractivity contribution in [2.45, 2.75) is 17.9 Å². The zero-order chi connectivity index (χ0) is 19.9. The highest BCUT2D eigenvalue weighted by atomic mass is 32.2. The summed E-state index contributed by atoms with van der Waals surface area (Å²) in [7, 11) is 0. The largest absolute Gasteiger partial charge is 0.336 e. The molecule has 0 bridgehead atoms. The van der Waals surface area contributed by atoms with Crippen LogP contribution in [0.2, 0.25) is 0 Å². The fourth-order valence-electron chi connectivity index (χ4n) is 2.86. The number of hydrogen-bond donors (Lipinski definition) is 2. The lowest BCUT2D eigenvalue weighted by atomic mass is 10.0. The highest BCUT2D eigenvalue weighted by Crippen LogP contribution is 2.21. The molecule has 3 aromatic rings. The molecule has 0 saturated carbocycles. The fraction of sp³-hybridized carbons (Fsp3) is 0.130. The maximum Gasteiger partial charge on any atom is 0.252 e. The van der Waals surface area contributed by atoms with Crippen LogP contribution in [-0.4, -0.2) is 18.1 Å². The normalized spacial score (nSPS) is 11.5. The number of para-hydroxylation sites is 1. The Hall–Kier alpha value is -3.05. The van der Waals surface area contributed by atoms with Crippen LogP contribution in [0.5, 0.6) is 0 Å². The molecule has 4 nitrogen and oxygen atoms in total. The van der Waals surface area contributed by atoms with Gasteiger partial charge < -0.3 is 10.6 Å². The Morgan fingerprint density at radius 2 is 1.54 bits per heavy atom. The third-order valence-electron chi connectivity index (χ3n) is 4.40. The smallest absolute Gasteiger partial charge is 0.252 e. The second kappa shape index (κ2) is 9.24. The van der Waals surface area contributed by atoms with E-state index in [4.69, 9.17) is 0 Å². The van der Waals surface area contributed by atoms with Crippen molar-refractivity contribution in [1.82, 2.24) is 5.32 Å². The number of amides is 2. The molecule has 3 aromatic carbocycles. The predicted octanol–water partition coefficient (Wildman–Crippen LogP) is 4.83. The van der Waals surface area contributed by atoms with Crippen LogP contribution >= 0.6 is 11.8 Å². The second-order valence-corrected chi connectivity index (χ2v) is 7.23. The van der Waals surface area contributed by atoms with Gasteiger partial charge in [0.05, 0.1) is 0 Å². The molecule has 142 valence electrons. The average molecular weight is 391 g/mol. The van der Waals surface area contributed by atoms with Crippen molar-refractivity contribution in [3.8, 4) is 0 Å². The topological polar surface area (TPSA) is 58.2 Å². The van der Waals surface area contributed by atoms with E-state index in [1.165, 1.54) is 0 Å².